The molecule has 0 radical (unpaired) electrons. The third-order valence-electron chi connectivity index (χ3n) is 4.47. The van der Waals surface area contributed by atoms with Crippen molar-refractivity contribution in [1.29, 1.82) is 0 Å². The lowest BCUT2D eigenvalue weighted by Crippen LogP contribution is -2.06. The monoisotopic (exact) mass is 409 g/mol. The standard InChI is InChI=1S/C20H19N5O3S/c1-4-27-19(26)15-10(2)16(22-11(15)3)14-9-29-18(23-14)13-7-5-6-12(8-13)17-24-25-20(21)28-17/h5-9,22H,4H2,1-3H3,(H2,21,25). The SMILES string of the molecule is CCOC(=O)c1c(C)[nH]c(-c2csc(-c3cccc(-c4nnc(N)o4)c3)n2)c1C. The summed E-state index contributed by atoms with van der Waals surface area (Å²) >= 11 is 1.51. The quantitative estimate of drug-likeness (QED) is 0.473. The zero-order valence-corrected chi connectivity index (χ0v) is 17.0. The summed E-state index contributed by atoms with van der Waals surface area (Å²) in [6.45, 7) is 5.88. The van der Waals surface area contributed by atoms with Crippen molar-refractivity contribution < 1.29 is 13.9 Å². The highest BCUT2D eigenvalue weighted by Crippen LogP contribution is 2.33. The van der Waals surface area contributed by atoms with E-state index in [9.17, 15) is 4.79 Å². The molecule has 0 saturated heterocycles. The van der Waals surface area contributed by atoms with Gasteiger partial charge in [0.15, 0.2) is 0 Å². The summed E-state index contributed by atoms with van der Waals surface area (Å²) in [6, 6.07) is 7.68. The summed E-state index contributed by atoms with van der Waals surface area (Å²) in [6.07, 6.45) is 0. The van der Waals surface area contributed by atoms with E-state index >= 15 is 0 Å². The largest absolute Gasteiger partial charge is 0.462 e. The Balaban J connectivity index is 1.68. The topological polar surface area (TPSA) is 120 Å². The molecule has 0 unspecified atom stereocenters. The maximum atomic E-state index is 12.2. The molecule has 0 fully saturated rings. The molecule has 148 valence electrons. The van der Waals surface area contributed by atoms with E-state index in [0.29, 0.717) is 18.1 Å². The number of hydrogen-bond acceptors (Lipinski definition) is 8. The van der Waals surface area contributed by atoms with Crippen LogP contribution in [0.4, 0.5) is 6.01 Å². The number of carbonyl (C=O) groups excluding carboxylic acids is 1. The Morgan fingerprint density at radius 3 is 2.79 bits per heavy atom. The van der Waals surface area contributed by atoms with Crippen LogP contribution in [0.2, 0.25) is 0 Å². The number of benzene rings is 1. The molecular formula is C20H19N5O3S. The highest BCUT2D eigenvalue weighted by molar-refractivity contribution is 7.13. The number of aromatic nitrogens is 4. The van der Waals surface area contributed by atoms with E-state index in [1.54, 1.807) is 6.92 Å². The number of nitrogens with zero attached hydrogens (tertiary/aromatic N) is 3. The Morgan fingerprint density at radius 1 is 1.28 bits per heavy atom. The first-order valence-corrected chi connectivity index (χ1v) is 9.87. The summed E-state index contributed by atoms with van der Waals surface area (Å²) in [4.78, 5) is 20.3. The summed E-state index contributed by atoms with van der Waals surface area (Å²) in [5.41, 5.74) is 10.9. The number of nitrogens with one attached hydrogen (secondary N) is 1. The van der Waals surface area contributed by atoms with E-state index in [-0.39, 0.29) is 12.0 Å². The summed E-state index contributed by atoms with van der Waals surface area (Å²) in [5.74, 6) is 0.0306. The molecule has 3 aromatic heterocycles. The fourth-order valence-electron chi connectivity index (χ4n) is 3.17. The van der Waals surface area contributed by atoms with E-state index in [1.165, 1.54) is 11.3 Å². The minimum Gasteiger partial charge on any atom is -0.462 e. The van der Waals surface area contributed by atoms with Gasteiger partial charge in [-0.1, -0.05) is 17.2 Å². The second-order valence-corrected chi connectivity index (χ2v) is 7.27. The zero-order chi connectivity index (χ0) is 20.5. The predicted molar refractivity (Wildman–Crippen MR) is 110 cm³/mol. The lowest BCUT2D eigenvalue weighted by atomic mass is 10.1. The van der Waals surface area contributed by atoms with Gasteiger partial charge in [-0.2, -0.15) is 0 Å². The van der Waals surface area contributed by atoms with Crippen molar-refractivity contribution in [3.8, 4) is 33.4 Å². The second-order valence-electron chi connectivity index (χ2n) is 6.41. The number of aromatic amines is 1. The Bertz CT molecular complexity index is 1190. The molecule has 3 N–H and O–H groups in total. The summed E-state index contributed by atoms with van der Waals surface area (Å²) < 4.78 is 10.5. The Hall–Kier alpha value is -3.46. The van der Waals surface area contributed by atoms with Gasteiger partial charge in [-0.05, 0) is 38.5 Å². The van der Waals surface area contributed by atoms with Crippen molar-refractivity contribution in [1.82, 2.24) is 20.2 Å². The van der Waals surface area contributed by atoms with Crippen LogP contribution >= 0.6 is 11.3 Å². The molecular weight excluding hydrogens is 390 g/mol. The molecule has 0 amide bonds. The van der Waals surface area contributed by atoms with E-state index in [4.69, 9.17) is 19.9 Å². The van der Waals surface area contributed by atoms with Crippen LogP contribution in [0.5, 0.6) is 0 Å². The molecule has 0 aliphatic carbocycles. The zero-order valence-electron chi connectivity index (χ0n) is 16.1. The molecule has 0 atom stereocenters. The smallest absolute Gasteiger partial charge is 0.340 e. The number of hydrogen-bond donors (Lipinski definition) is 2. The predicted octanol–water partition coefficient (Wildman–Crippen LogP) is 4.23. The molecule has 0 spiro atoms. The van der Waals surface area contributed by atoms with Crippen molar-refractivity contribution in [3.05, 3.63) is 46.5 Å². The number of esters is 1. The third-order valence-corrected chi connectivity index (χ3v) is 5.37. The van der Waals surface area contributed by atoms with Gasteiger partial charge in [0.05, 0.1) is 23.6 Å². The van der Waals surface area contributed by atoms with E-state index in [2.05, 4.69) is 15.2 Å². The molecule has 0 bridgehead atoms. The lowest BCUT2D eigenvalue weighted by molar-refractivity contribution is 0.0525. The molecule has 8 nitrogen and oxygen atoms in total. The first kappa shape index (κ1) is 18.9. The van der Waals surface area contributed by atoms with Crippen LogP contribution in [-0.4, -0.2) is 32.7 Å². The van der Waals surface area contributed by atoms with Crippen LogP contribution in [0.15, 0.2) is 34.1 Å². The van der Waals surface area contributed by atoms with Crippen molar-refractivity contribution in [2.75, 3.05) is 12.3 Å². The van der Waals surface area contributed by atoms with Crippen LogP contribution in [0.1, 0.15) is 28.5 Å². The average Bonchev–Trinajstić information content (AvgIpc) is 3.41. The van der Waals surface area contributed by atoms with Crippen LogP contribution in [0.3, 0.4) is 0 Å². The van der Waals surface area contributed by atoms with Gasteiger partial charge in [0.1, 0.15) is 5.01 Å². The molecule has 29 heavy (non-hydrogen) atoms. The minimum atomic E-state index is -0.327. The van der Waals surface area contributed by atoms with Gasteiger partial charge < -0.3 is 19.9 Å². The number of thiazole rings is 1. The molecule has 4 aromatic rings. The Labute approximate surface area is 170 Å². The molecule has 3 heterocycles. The second kappa shape index (κ2) is 7.51. The van der Waals surface area contributed by atoms with E-state index in [0.717, 1.165) is 38.8 Å². The number of ether oxygens (including phenoxy) is 1. The normalized spacial score (nSPS) is 11.0. The number of nitrogens with two attached hydrogens (primary N) is 1. The highest BCUT2D eigenvalue weighted by Gasteiger charge is 2.21. The van der Waals surface area contributed by atoms with Crippen molar-refractivity contribution in [2.45, 2.75) is 20.8 Å². The maximum absolute atomic E-state index is 12.2. The number of nitrogen functional groups attached to an aromatic ring is 1. The first-order valence-electron chi connectivity index (χ1n) is 9.00. The van der Waals surface area contributed by atoms with Gasteiger partial charge >= 0.3 is 12.0 Å². The van der Waals surface area contributed by atoms with Gasteiger partial charge in [-0.25, -0.2) is 9.78 Å². The fraction of sp³-hybridized carbons (Fsp3) is 0.200. The Kier molecular flexibility index (Phi) is 4.89. The van der Waals surface area contributed by atoms with Gasteiger partial charge in [-0.3, -0.25) is 0 Å². The van der Waals surface area contributed by atoms with Crippen molar-refractivity contribution in [2.24, 2.45) is 0 Å². The minimum absolute atomic E-state index is 0.0249. The Morgan fingerprint density at radius 2 is 2.07 bits per heavy atom. The number of H-pyrrole nitrogens is 1. The number of carbonyl (C=O) groups is 1. The van der Waals surface area contributed by atoms with Gasteiger partial charge in [-0.15, -0.1) is 16.4 Å². The molecule has 1 aromatic carbocycles. The third kappa shape index (κ3) is 3.52. The summed E-state index contributed by atoms with van der Waals surface area (Å²) in [7, 11) is 0. The number of anilines is 1. The first-order chi connectivity index (χ1) is 14.0. The maximum Gasteiger partial charge on any atom is 0.340 e. The number of aryl methyl sites for hydroxylation is 1. The van der Waals surface area contributed by atoms with Gasteiger partial charge in [0.25, 0.3) is 0 Å². The number of rotatable bonds is 5. The van der Waals surface area contributed by atoms with E-state index in [1.807, 2.05) is 43.5 Å². The molecule has 4 rings (SSSR count). The molecule has 0 aliphatic heterocycles. The van der Waals surface area contributed by atoms with Gasteiger partial charge in [0, 0.05) is 22.2 Å². The van der Waals surface area contributed by atoms with E-state index < -0.39 is 0 Å². The van der Waals surface area contributed by atoms with Crippen LogP contribution in [0, 0.1) is 13.8 Å². The van der Waals surface area contributed by atoms with Crippen LogP contribution < -0.4 is 5.73 Å². The highest BCUT2D eigenvalue weighted by atomic mass is 32.1. The molecule has 0 saturated carbocycles. The lowest BCUT2D eigenvalue weighted by Gasteiger charge is -2.02. The van der Waals surface area contributed by atoms with Crippen LogP contribution in [-0.2, 0) is 4.74 Å². The fourth-order valence-corrected chi connectivity index (χ4v) is 3.98. The summed E-state index contributed by atoms with van der Waals surface area (Å²) in [5, 5.41) is 10.4. The van der Waals surface area contributed by atoms with Gasteiger partial charge in [0.2, 0.25) is 5.89 Å². The van der Waals surface area contributed by atoms with Crippen LogP contribution in [0.25, 0.3) is 33.4 Å². The van der Waals surface area contributed by atoms with Crippen molar-refractivity contribution >= 4 is 23.3 Å². The molecule has 9 heteroatoms. The molecule has 0 aliphatic rings. The average molecular weight is 409 g/mol. The van der Waals surface area contributed by atoms with Crippen molar-refractivity contribution in [3.63, 3.8) is 0 Å².